The molecule has 0 radical (unpaired) electrons. The number of aromatic nitrogens is 3. The highest BCUT2D eigenvalue weighted by atomic mass is 32.1. The van der Waals surface area contributed by atoms with Crippen molar-refractivity contribution in [2.75, 3.05) is 4.90 Å². The van der Waals surface area contributed by atoms with E-state index in [4.69, 9.17) is 0 Å². The standard InChI is InChI=1S/C16H14N4S/c1-11-10-21-16(19-11)15-14(12-5-8-17-9-6-12)20(15)13-4-2-3-7-18-13/h2-10,14-15H,1H3/t14-,15-,20?/m0/s1. The van der Waals surface area contributed by atoms with E-state index in [9.17, 15) is 0 Å². The quantitative estimate of drug-likeness (QED) is 0.693. The molecule has 1 aliphatic heterocycles. The van der Waals surface area contributed by atoms with Gasteiger partial charge < -0.3 is 4.90 Å². The highest BCUT2D eigenvalue weighted by molar-refractivity contribution is 7.09. The van der Waals surface area contributed by atoms with Gasteiger partial charge >= 0.3 is 0 Å². The SMILES string of the molecule is Cc1csc([C@@H]2[C@H](c3ccncc3)N2c2ccccn2)n1. The fourth-order valence-corrected chi connectivity index (χ4v) is 3.61. The lowest BCUT2D eigenvalue weighted by Crippen LogP contribution is -1.97. The van der Waals surface area contributed by atoms with Crippen molar-refractivity contribution in [3.8, 4) is 0 Å². The van der Waals surface area contributed by atoms with Crippen LogP contribution in [-0.4, -0.2) is 15.0 Å². The first-order valence-corrected chi connectivity index (χ1v) is 7.74. The highest BCUT2D eigenvalue weighted by Gasteiger charge is 2.52. The van der Waals surface area contributed by atoms with Crippen molar-refractivity contribution in [2.24, 2.45) is 0 Å². The Kier molecular flexibility index (Phi) is 2.93. The van der Waals surface area contributed by atoms with Gasteiger partial charge in [0.2, 0.25) is 0 Å². The average Bonchev–Trinajstić information content (AvgIpc) is 3.15. The number of aryl methyl sites for hydroxylation is 1. The molecule has 3 aromatic heterocycles. The van der Waals surface area contributed by atoms with Gasteiger partial charge in [-0.15, -0.1) is 11.3 Å². The number of pyridine rings is 2. The number of hydrogen-bond acceptors (Lipinski definition) is 5. The zero-order chi connectivity index (χ0) is 14.2. The number of hydrogen-bond donors (Lipinski definition) is 0. The van der Waals surface area contributed by atoms with E-state index in [1.807, 2.05) is 37.6 Å². The monoisotopic (exact) mass is 294 g/mol. The molecule has 5 heteroatoms. The summed E-state index contributed by atoms with van der Waals surface area (Å²) in [7, 11) is 0. The Morgan fingerprint density at radius 1 is 1.05 bits per heavy atom. The van der Waals surface area contributed by atoms with Gasteiger partial charge in [-0.2, -0.15) is 0 Å². The van der Waals surface area contributed by atoms with Crippen molar-refractivity contribution < 1.29 is 0 Å². The lowest BCUT2D eigenvalue weighted by Gasteiger charge is -2.03. The van der Waals surface area contributed by atoms with Crippen molar-refractivity contribution in [1.29, 1.82) is 0 Å². The Morgan fingerprint density at radius 3 is 2.57 bits per heavy atom. The lowest BCUT2D eigenvalue weighted by atomic mass is 10.1. The highest BCUT2D eigenvalue weighted by Crippen LogP contribution is 2.56. The molecule has 0 bridgehead atoms. The number of rotatable bonds is 3. The Labute approximate surface area is 127 Å². The van der Waals surface area contributed by atoms with E-state index in [1.165, 1.54) is 5.56 Å². The number of anilines is 1. The van der Waals surface area contributed by atoms with Crippen molar-refractivity contribution in [1.82, 2.24) is 15.0 Å². The Morgan fingerprint density at radius 2 is 1.90 bits per heavy atom. The van der Waals surface area contributed by atoms with Gasteiger partial charge in [0.25, 0.3) is 0 Å². The molecular weight excluding hydrogens is 280 g/mol. The van der Waals surface area contributed by atoms with Crippen molar-refractivity contribution >= 4 is 17.2 Å². The van der Waals surface area contributed by atoms with E-state index in [0.717, 1.165) is 16.5 Å². The van der Waals surface area contributed by atoms with Gasteiger partial charge in [-0.1, -0.05) is 6.07 Å². The predicted octanol–water partition coefficient (Wildman–Crippen LogP) is 3.54. The fraction of sp³-hybridized carbons (Fsp3) is 0.188. The Balaban J connectivity index is 1.73. The van der Waals surface area contributed by atoms with E-state index in [2.05, 4.69) is 43.4 Å². The first kappa shape index (κ1) is 12.5. The van der Waals surface area contributed by atoms with Crippen LogP contribution in [0.5, 0.6) is 0 Å². The first-order valence-electron chi connectivity index (χ1n) is 6.86. The van der Waals surface area contributed by atoms with E-state index in [1.54, 1.807) is 11.3 Å². The zero-order valence-electron chi connectivity index (χ0n) is 11.5. The summed E-state index contributed by atoms with van der Waals surface area (Å²) in [6, 6.07) is 10.7. The second-order valence-corrected chi connectivity index (χ2v) is 5.98. The van der Waals surface area contributed by atoms with Crippen LogP contribution < -0.4 is 4.90 Å². The fourth-order valence-electron chi connectivity index (χ4n) is 2.69. The van der Waals surface area contributed by atoms with E-state index in [0.29, 0.717) is 6.04 Å². The molecule has 4 nitrogen and oxygen atoms in total. The summed E-state index contributed by atoms with van der Waals surface area (Å²) in [5.74, 6) is 0.997. The molecule has 0 saturated carbocycles. The molecule has 3 aromatic rings. The Hall–Kier alpha value is -2.27. The molecule has 4 heterocycles. The van der Waals surface area contributed by atoms with Crippen LogP contribution in [0, 0.1) is 6.92 Å². The molecule has 0 aliphatic carbocycles. The van der Waals surface area contributed by atoms with Crippen LogP contribution in [0.4, 0.5) is 5.82 Å². The lowest BCUT2D eigenvalue weighted by molar-refractivity contribution is 0.988. The van der Waals surface area contributed by atoms with Gasteiger partial charge in [0.1, 0.15) is 16.9 Å². The molecule has 21 heavy (non-hydrogen) atoms. The molecule has 0 amide bonds. The second-order valence-electron chi connectivity index (χ2n) is 5.09. The summed E-state index contributed by atoms with van der Waals surface area (Å²) in [5.41, 5.74) is 2.34. The molecule has 0 aromatic carbocycles. The van der Waals surface area contributed by atoms with Crippen molar-refractivity contribution in [2.45, 2.75) is 19.0 Å². The Bertz CT molecular complexity index is 696. The molecule has 4 rings (SSSR count). The van der Waals surface area contributed by atoms with Crippen molar-refractivity contribution in [3.05, 3.63) is 70.6 Å². The van der Waals surface area contributed by atoms with Gasteiger partial charge in [0, 0.05) is 29.7 Å². The minimum absolute atomic E-state index is 0.279. The normalized spacial score (nSPS) is 20.5. The molecule has 1 aliphatic rings. The molecule has 0 N–H and O–H groups in total. The predicted molar refractivity (Wildman–Crippen MR) is 83.3 cm³/mol. The van der Waals surface area contributed by atoms with Crippen molar-refractivity contribution in [3.63, 3.8) is 0 Å². The maximum atomic E-state index is 4.66. The zero-order valence-corrected chi connectivity index (χ0v) is 12.4. The van der Waals surface area contributed by atoms with Crippen LogP contribution >= 0.6 is 11.3 Å². The second kappa shape index (κ2) is 4.93. The maximum Gasteiger partial charge on any atom is 0.129 e. The van der Waals surface area contributed by atoms with E-state index < -0.39 is 0 Å². The van der Waals surface area contributed by atoms with E-state index in [-0.39, 0.29) is 6.04 Å². The summed E-state index contributed by atoms with van der Waals surface area (Å²) in [6.45, 7) is 2.04. The molecule has 0 spiro atoms. The summed E-state index contributed by atoms with van der Waals surface area (Å²) < 4.78 is 0. The molecular formula is C16H14N4S. The van der Waals surface area contributed by atoms with Gasteiger partial charge in [-0.25, -0.2) is 9.97 Å². The van der Waals surface area contributed by atoms with Crippen LogP contribution in [-0.2, 0) is 0 Å². The largest absolute Gasteiger partial charge is 0.335 e. The number of nitrogens with zero attached hydrogens (tertiary/aromatic N) is 4. The molecule has 1 saturated heterocycles. The summed E-state index contributed by atoms with van der Waals surface area (Å²) in [4.78, 5) is 15.6. The minimum Gasteiger partial charge on any atom is -0.335 e. The summed E-state index contributed by atoms with van der Waals surface area (Å²) >= 11 is 1.72. The molecule has 0 unspecified atom stereocenters. The van der Waals surface area contributed by atoms with Gasteiger partial charge in [0.15, 0.2) is 0 Å². The minimum atomic E-state index is 0.279. The van der Waals surface area contributed by atoms with Crippen LogP contribution in [0.25, 0.3) is 0 Å². The average molecular weight is 294 g/mol. The number of thiazole rings is 1. The summed E-state index contributed by atoms with van der Waals surface area (Å²) in [5, 5.41) is 3.26. The van der Waals surface area contributed by atoms with Gasteiger partial charge in [0.05, 0.1) is 6.04 Å². The third kappa shape index (κ3) is 2.19. The molecule has 1 fully saturated rings. The third-order valence-electron chi connectivity index (χ3n) is 3.66. The maximum absolute atomic E-state index is 4.66. The van der Waals surface area contributed by atoms with E-state index >= 15 is 0 Å². The molecule has 2 atom stereocenters. The van der Waals surface area contributed by atoms with Crippen LogP contribution in [0.3, 0.4) is 0 Å². The van der Waals surface area contributed by atoms with Gasteiger partial charge in [-0.3, -0.25) is 4.98 Å². The molecule has 104 valence electrons. The third-order valence-corrected chi connectivity index (χ3v) is 4.69. The summed E-state index contributed by atoms with van der Waals surface area (Å²) in [6.07, 6.45) is 5.52. The topological polar surface area (TPSA) is 41.7 Å². The van der Waals surface area contributed by atoms with Crippen LogP contribution in [0.15, 0.2) is 54.3 Å². The van der Waals surface area contributed by atoms with Crippen LogP contribution in [0.1, 0.15) is 28.3 Å². The smallest absolute Gasteiger partial charge is 0.129 e. The van der Waals surface area contributed by atoms with Crippen LogP contribution in [0.2, 0.25) is 0 Å². The first-order chi connectivity index (χ1) is 10.3. The van der Waals surface area contributed by atoms with Gasteiger partial charge in [-0.05, 0) is 36.8 Å².